The summed E-state index contributed by atoms with van der Waals surface area (Å²) in [5.41, 5.74) is -0.583. The molecule has 2 aliphatic heterocycles. The molecule has 3 aliphatic rings. The van der Waals surface area contributed by atoms with Crippen LogP contribution in [0, 0.1) is 5.92 Å². The highest BCUT2D eigenvalue weighted by molar-refractivity contribution is 5.70. The van der Waals surface area contributed by atoms with Crippen LogP contribution in [0.25, 0.3) is 0 Å². The highest BCUT2D eigenvalue weighted by atomic mass is 19.4. The normalized spacial score (nSPS) is 32.6. The van der Waals surface area contributed by atoms with Gasteiger partial charge in [0.2, 0.25) is 0 Å². The van der Waals surface area contributed by atoms with Crippen LogP contribution >= 0.6 is 0 Å². The number of hydrogen-bond donors (Lipinski definition) is 0. The van der Waals surface area contributed by atoms with Crippen molar-refractivity contribution in [2.45, 2.75) is 95.1 Å². The topological polar surface area (TPSA) is 38.8 Å². The lowest BCUT2D eigenvalue weighted by molar-refractivity contribution is -0.187. The second-order valence-electron chi connectivity index (χ2n) is 8.71. The third-order valence-electron chi connectivity index (χ3n) is 6.29. The van der Waals surface area contributed by atoms with Gasteiger partial charge in [-0.2, -0.15) is 13.2 Å². The van der Waals surface area contributed by atoms with Crippen LogP contribution in [-0.4, -0.2) is 47.6 Å². The molecule has 0 radical (unpaired) electrons. The zero-order valence-corrected chi connectivity index (χ0v) is 15.7. The summed E-state index contributed by atoms with van der Waals surface area (Å²) in [4.78, 5) is 14.2. The molecule has 2 atom stereocenters. The zero-order chi connectivity index (χ0) is 19.0. The van der Waals surface area contributed by atoms with Gasteiger partial charge in [0.05, 0.1) is 13.0 Å². The van der Waals surface area contributed by atoms with Crippen molar-refractivity contribution in [1.29, 1.82) is 0 Å². The molecule has 1 saturated carbocycles. The second-order valence-corrected chi connectivity index (χ2v) is 8.71. The first-order valence-corrected chi connectivity index (χ1v) is 9.77. The summed E-state index contributed by atoms with van der Waals surface area (Å²) in [5.74, 6) is -0.0943. The summed E-state index contributed by atoms with van der Waals surface area (Å²) < 4.78 is 47.4. The minimum absolute atomic E-state index is 0.00468. The molecule has 2 saturated heterocycles. The van der Waals surface area contributed by atoms with E-state index in [2.05, 4.69) is 9.64 Å². The third-order valence-corrected chi connectivity index (χ3v) is 6.29. The van der Waals surface area contributed by atoms with Crippen molar-refractivity contribution in [1.82, 2.24) is 4.90 Å². The van der Waals surface area contributed by atoms with Crippen LogP contribution < -0.4 is 0 Å². The molecule has 0 spiro atoms. The summed E-state index contributed by atoms with van der Waals surface area (Å²) in [7, 11) is 0. The van der Waals surface area contributed by atoms with E-state index >= 15 is 0 Å². The van der Waals surface area contributed by atoms with Crippen molar-refractivity contribution in [2.75, 3.05) is 13.2 Å². The fourth-order valence-electron chi connectivity index (χ4n) is 5.40. The standard InChI is InChI=1S/C19H30F3NO3/c1-17(2)23-15(10-16(24)25-13-19(20,21)22)8-9-18(23,12-26-17)11-14-6-4-3-5-7-14/h14-15H,3-13H2,1-2H3/t15-,18+/m1/s1. The highest BCUT2D eigenvalue weighted by Crippen LogP contribution is 2.51. The molecule has 3 fully saturated rings. The maximum absolute atomic E-state index is 12.3. The van der Waals surface area contributed by atoms with Crippen molar-refractivity contribution < 1.29 is 27.4 Å². The van der Waals surface area contributed by atoms with Gasteiger partial charge in [0, 0.05) is 11.6 Å². The minimum atomic E-state index is -4.48. The first kappa shape index (κ1) is 19.9. The number of carbonyl (C=O) groups excluding carboxylic acids is 1. The third kappa shape index (κ3) is 4.35. The Morgan fingerprint density at radius 2 is 1.88 bits per heavy atom. The average Bonchev–Trinajstić information content (AvgIpc) is 3.03. The van der Waals surface area contributed by atoms with Crippen molar-refractivity contribution in [3.8, 4) is 0 Å². The molecule has 0 unspecified atom stereocenters. The van der Waals surface area contributed by atoms with Gasteiger partial charge >= 0.3 is 12.1 Å². The Kier molecular flexibility index (Phi) is 5.60. The molecule has 7 heteroatoms. The fraction of sp³-hybridized carbons (Fsp3) is 0.947. The maximum Gasteiger partial charge on any atom is 0.422 e. The number of halogens is 3. The highest BCUT2D eigenvalue weighted by Gasteiger charge is 2.58. The molecule has 26 heavy (non-hydrogen) atoms. The van der Waals surface area contributed by atoms with Crippen LogP contribution in [0.1, 0.15) is 71.6 Å². The quantitative estimate of drug-likeness (QED) is 0.665. The molecule has 0 amide bonds. The average molecular weight is 377 g/mol. The van der Waals surface area contributed by atoms with E-state index in [1.807, 2.05) is 13.8 Å². The van der Waals surface area contributed by atoms with Gasteiger partial charge in [0.15, 0.2) is 6.61 Å². The summed E-state index contributed by atoms with van der Waals surface area (Å²) in [5, 5.41) is 0. The van der Waals surface area contributed by atoms with E-state index in [0.717, 1.165) is 19.3 Å². The van der Waals surface area contributed by atoms with E-state index in [0.29, 0.717) is 12.5 Å². The smallest absolute Gasteiger partial charge is 0.422 e. The van der Waals surface area contributed by atoms with Crippen molar-refractivity contribution in [3.05, 3.63) is 0 Å². The van der Waals surface area contributed by atoms with E-state index in [9.17, 15) is 18.0 Å². The molecule has 3 rings (SSSR count). The molecule has 0 N–H and O–H groups in total. The monoisotopic (exact) mass is 377 g/mol. The molecule has 1 aliphatic carbocycles. The number of nitrogens with zero attached hydrogens (tertiary/aromatic N) is 1. The SMILES string of the molecule is CC1(C)OC[C@@]2(CC3CCCCC3)CC[C@H](CC(=O)OCC(F)(F)F)N12. The zero-order valence-electron chi connectivity index (χ0n) is 15.7. The van der Waals surface area contributed by atoms with E-state index < -0.39 is 24.5 Å². The summed E-state index contributed by atoms with van der Waals surface area (Å²) in [6.07, 6.45) is 4.67. The van der Waals surface area contributed by atoms with Gasteiger partial charge in [-0.3, -0.25) is 9.69 Å². The van der Waals surface area contributed by atoms with Gasteiger partial charge in [-0.15, -0.1) is 0 Å². The first-order chi connectivity index (χ1) is 12.1. The number of fused-ring (bicyclic) bond motifs is 1. The van der Waals surface area contributed by atoms with E-state index in [4.69, 9.17) is 4.74 Å². The summed E-state index contributed by atoms with van der Waals surface area (Å²) in [6, 6.07) is -0.114. The number of carbonyl (C=O) groups is 1. The number of rotatable bonds is 5. The number of ether oxygens (including phenoxy) is 2. The summed E-state index contributed by atoms with van der Waals surface area (Å²) in [6.45, 7) is 3.13. The van der Waals surface area contributed by atoms with Gasteiger partial charge in [-0.25, -0.2) is 0 Å². The molecule has 0 aromatic rings. The number of alkyl halides is 3. The van der Waals surface area contributed by atoms with E-state index in [1.54, 1.807) is 0 Å². The second kappa shape index (κ2) is 7.30. The Labute approximate surface area is 153 Å². The lowest BCUT2D eigenvalue weighted by Gasteiger charge is -2.42. The molecular formula is C19H30F3NO3. The Morgan fingerprint density at radius 1 is 1.19 bits per heavy atom. The fourth-order valence-corrected chi connectivity index (χ4v) is 5.40. The van der Waals surface area contributed by atoms with Crippen molar-refractivity contribution >= 4 is 5.97 Å². The van der Waals surface area contributed by atoms with Crippen LogP contribution in [0.15, 0.2) is 0 Å². The molecule has 0 aromatic carbocycles. The van der Waals surface area contributed by atoms with Gasteiger partial charge in [0.1, 0.15) is 5.72 Å². The van der Waals surface area contributed by atoms with Crippen LogP contribution in [-0.2, 0) is 14.3 Å². The van der Waals surface area contributed by atoms with Gasteiger partial charge < -0.3 is 9.47 Å². The van der Waals surface area contributed by atoms with Crippen LogP contribution in [0.5, 0.6) is 0 Å². The van der Waals surface area contributed by atoms with Gasteiger partial charge in [0.25, 0.3) is 0 Å². The Hall–Kier alpha value is -0.820. The predicted octanol–water partition coefficient (Wildman–Crippen LogP) is 4.42. The van der Waals surface area contributed by atoms with E-state index in [-0.39, 0.29) is 18.0 Å². The predicted molar refractivity (Wildman–Crippen MR) is 90.4 cm³/mol. The Balaban J connectivity index is 1.66. The van der Waals surface area contributed by atoms with Gasteiger partial charge in [-0.05, 0) is 39.0 Å². The lowest BCUT2D eigenvalue weighted by Crippen LogP contribution is -2.53. The molecule has 0 bridgehead atoms. The molecule has 150 valence electrons. The van der Waals surface area contributed by atoms with Crippen molar-refractivity contribution in [3.63, 3.8) is 0 Å². The molecule has 4 nitrogen and oxygen atoms in total. The molecule has 0 aromatic heterocycles. The lowest BCUT2D eigenvalue weighted by atomic mass is 9.78. The first-order valence-electron chi connectivity index (χ1n) is 9.77. The number of hydrogen-bond acceptors (Lipinski definition) is 4. The molecular weight excluding hydrogens is 347 g/mol. The maximum atomic E-state index is 12.3. The number of esters is 1. The van der Waals surface area contributed by atoms with Crippen LogP contribution in [0.2, 0.25) is 0 Å². The molecule has 2 heterocycles. The van der Waals surface area contributed by atoms with Crippen molar-refractivity contribution in [2.24, 2.45) is 5.92 Å². The Bertz CT molecular complexity index is 517. The van der Waals surface area contributed by atoms with Gasteiger partial charge in [-0.1, -0.05) is 32.1 Å². The Morgan fingerprint density at radius 3 is 2.54 bits per heavy atom. The van der Waals surface area contributed by atoms with Crippen LogP contribution in [0.3, 0.4) is 0 Å². The summed E-state index contributed by atoms with van der Waals surface area (Å²) >= 11 is 0. The van der Waals surface area contributed by atoms with Crippen LogP contribution in [0.4, 0.5) is 13.2 Å². The van der Waals surface area contributed by atoms with E-state index in [1.165, 1.54) is 32.1 Å². The largest absolute Gasteiger partial charge is 0.456 e. The minimum Gasteiger partial charge on any atom is -0.456 e.